The van der Waals surface area contributed by atoms with Gasteiger partial charge < -0.3 is 5.73 Å². The van der Waals surface area contributed by atoms with E-state index in [0.29, 0.717) is 0 Å². The topological polar surface area (TPSA) is 38.9 Å². The number of para-hydroxylation sites is 1. The van der Waals surface area contributed by atoms with Crippen LogP contribution in [-0.2, 0) is 0 Å². The third-order valence-corrected chi connectivity index (χ3v) is 3.59. The van der Waals surface area contributed by atoms with E-state index in [1.807, 2.05) is 30.3 Å². The first kappa shape index (κ1) is 13.0. The molecule has 0 radical (unpaired) electrons. The Balaban J connectivity index is 2.12. The molecule has 0 spiro atoms. The third kappa shape index (κ3) is 2.26. The minimum atomic E-state index is -0.446. The van der Waals surface area contributed by atoms with Gasteiger partial charge in [0.15, 0.2) is 0 Å². The Labute approximate surface area is 121 Å². The van der Waals surface area contributed by atoms with Gasteiger partial charge in [-0.1, -0.05) is 41.9 Å². The number of halogens is 2. The van der Waals surface area contributed by atoms with E-state index in [1.165, 1.54) is 6.07 Å². The molecule has 1 aromatic heterocycles. The average molecular weight is 287 g/mol. The van der Waals surface area contributed by atoms with Gasteiger partial charge in [-0.25, -0.2) is 4.39 Å². The summed E-state index contributed by atoms with van der Waals surface area (Å²) in [6, 6.07) is 13.8. The fourth-order valence-corrected chi connectivity index (χ4v) is 2.45. The Morgan fingerprint density at radius 1 is 1.10 bits per heavy atom. The lowest BCUT2D eigenvalue weighted by molar-refractivity contribution is 0.627. The number of pyridine rings is 1. The van der Waals surface area contributed by atoms with Crippen LogP contribution in [0, 0.1) is 5.82 Å². The maximum Gasteiger partial charge on any atom is 0.141 e. The molecule has 1 heterocycles. The average Bonchev–Trinajstić information content (AvgIpc) is 2.49. The van der Waals surface area contributed by atoms with Crippen molar-refractivity contribution in [3.63, 3.8) is 0 Å². The summed E-state index contributed by atoms with van der Waals surface area (Å²) in [4.78, 5) is 4.38. The highest BCUT2D eigenvalue weighted by molar-refractivity contribution is 6.30. The van der Waals surface area contributed by atoms with E-state index in [0.717, 1.165) is 22.0 Å². The maximum absolute atomic E-state index is 13.2. The minimum absolute atomic E-state index is 0.0751. The number of fused-ring (bicyclic) bond motifs is 1. The largest absolute Gasteiger partial charge is 0.320 e. The first-order valence-corrected chi connectivity index (χ1v) is 6.59. The van der Waals surface area contributed by atoms with Gasteiger partial charge in [0.1, 0.15) is 5.82 Å². The van der Waals surface area contributed by atoms with Crippen LogP contribution in [-0.4, -0.2) is 4.98 Å². The van der Waals surface area contributed by atoms with Gasteiger partial charge in [0.05, 0.1) is 16.6 Å². The summed E-state index contributed by atoms with van der Waals surface area (Å²) in [6.07, 6.45) is 1.73. The summed E-state index contributed by atoms with van der Waals surface area (Å²) in [7, 11) is 0. The van der Waals surface area contributed by atoms with Crippen molar-refractivity contribution in [2.24, 2.45) is 5.73 Å². The van der Waals surface area contributed by atoms with Gasteiger partial charge >= 0.3 is 0 Å². The van der Waals surface area contributed by atoms with Crippen LogP contribution in [0.25, 0.3) is 10.9 Å². The van der Waals surface area contributed by atoms with Gasteiger partial charge in [-0.05, 0) is 29.3 Å². The number of nitrogens with zero attached hydrogens (tertiary/aromatic N) is 1. The Hall–Kier alpha value is -1.97. The summed E-state index contributed by atoms with van der Waals surface area (Å²) < 4.78 is 13.2. The van der Waals surface area contributed by atoms with E-state index >= 15 is 0 Å². The molecule has 0 bridgehead atoms. The van der Waals surface area contributed by atoms with Crippen LogP contribution in [0.4, 0.5) is 4.39 Å². The molecule has 0 aliphatic rings. The molecule has 4 heteroatoms. The van der Waals surface area contributed by atoms with Crippen LogP contribution in [0.5, 0.6) is 0 Å². The lowest BCUT2D eigenvalue weighted by Gasteiger charge is -2.15. The highest BCUT2D eigenvalue weighted by Crippen LogP contribution is 2.28. The van der Waals surface area contributed by atoms with E-state index in [-0.39, 0.29) is 5.02 Å². The Kier molecular flexibility index (Phi) is 3.38. The van der Waals surface area contributed by atoms with Crippen molar-refractivity contribution in [3.8, 4) is 0 Å². The molecule has 20 heavy (non-hydrogen) atoms. The van der Waals surface area contributed by atoms with Crippen molar-refractivity contribution < 1.29 is 4.39 Å². The first-order chi connectivity index (χ1) is 9.66. The lowest BCUT2D eigenvalue weighted by Crippen LogP contribution is -2.12. The number of nitrogens with two attached hydrogens (primary N) is 1. The molecule has 1 atom stereocenters. The summed E-state index contributed by atoms with van der Waals surface area (Å²) in [5, 5.41) is 1.10. The molecular formula is C16H12ClFN2. The molecule has 3 aromatic rings. The molecule has 0 saturated carbocycles. The maximum atomic E-state index is 13.2. The van der Waals surface area contributed by atoms with Crippen LogP contribution in [0.15, 0.2) is 54.7 Å². The number of benzene rings is 2. The number of rotatable bonds is 2. The predicted octanol–water partition coefficient (Wildman–Crippen LogP) is 4.08. The van der Waals surface area contributed by atoms with E-state index in [1.54, 1.807) is 18.3 Å². The van der Waals surface area contributed by atoms with Crippen LogP contribution < -0.4 is 5.73 Å². The van der Waals surface area contributed by atoms with Crippen LogP contribution in [0.2, 0.25) is 5.02 Å². The number of hydrogen-bond acceptors (Lipinski definition) is 2. The van der Waals surface area contributed by atoms with E-state index in [2.05, 4.69) is 4.98 Å². The fourth-order valence-electron chi connectivity index (χ4n) is 2.26. The highest BCUT2D eigenvalue weighted by Gasteiger charge is 2.14. The number of hydrogen-bond donors (Lipinski definition) is 1. The Morgan fingerprint density at radius 3 is 2.70 bits per heavy atom. The molecular weight excluding hydrogens is 275 g/mol. The van der Waals surface area contributed by atoms with Gasteiger partial charge in [0.2, 0.25) is 0 Å². The molecule has 100 valence electrons. The van der Waals surface area contributed by atoms with E-state index in [9.17, 15) is 4.39 Å². The molecule has 3 rings (SSSR count). The third-order valence-electron chi connectivity index (χ3n) is 3.30. The highest BCUT2D eigenvalue weighted by atomic mass is 35.5. The second-order valence-electron chi connectivity index (χ2n) is 4.57. The summed E-state index contributed by atoms with van der Waals surface area (Å²) in [5.74, 6) is -0.446. The van der Waals surface area contributed by atoms with Crippen molar-refractivity contribution in [1.82, 2.24) is 4.98 Å². The van der Waals surface area contributed by atoms with Crippen molar-refractivity contribution in [3.05, 3.63) is 76.7 Å². The lowest BCUT2D eigenvalue weighted by atomic mass is 9.97. The summed E-state index contributed by atoms with van der Waals surface area (Å²) in [6.45, 7) is 0. The Morgan fingerprint density at radius 2 is 1.90 bits per heavy atom. The molecule has 2 N–H and O–H groups in total. The summed E-state index contributed by atoms with van der Waals surface area (Å²) >= 11 is 5.82. The smallest absolute Gasteiger partial charge is 0.141 e. The fraction of sp³-hybridized carbons (Fsp3) is 0.0625. The van der Waals surface area contributed by atoms with Crippen LogP contribution in [0.1, 0.15) is 17.2 Å². The van der Waals surface area contributed by atoms with Gasteiger partial charge in [-0.15, -0.1) is 0 Å². The van der Waals surface area contributed by atoms with Crippen LogP contribution in [0.3, 0.4) is 0 Å². The predicted molar refractivity (Wildman–Crippen MR) is 79.2 cm³/mol. The quantitative estimate of drug-likeness (QED) is 0.771. The standard InChI is InChI=1S/C16H12ClFN2/c17-13-9-11(6-7-14(13)18)15(19)12-5-1-3-10-4-2-8-20-16(10)12/h1-9,15H,19H2. The van der Waals surface area contributed by atoms with Gasteiger partial charge in [0, 0.05) is 11.6 Å². The van der Waals surface area contributed by atoms with E-state index in [4.69, 9.17) is 17.3 Å². The molecule has 2 aromatic carbocycles. The van der Waals surface area contributed by atoms with Crippen molar-refractivity contribution in [1.29, 1.82) is 0 Å². The van der Waals surface area contributed by atoms with Crippen LogP contribution >= 0.6 is 11.6 Å². The monoisotopic (exact) mass is 286 g/mol. The molecule has 0 saturated heterocycles. The Bertz CT molecular complexity index is 768. The summed E-state index contributed by atoms with van der Waals surface area (Å²) in [5.41, 5.74) is 8.78. The second kappa shape index (κ2) is 5.19. The molecule has 2 nitrogen and oxygen atoms in total. The van der Waals surface area contributed by atoms with Crippen molar-refractivity contribution in [2.45, 2.75) is 6.04 Å². The van der Waals surface area contributed by atoms with E-state index < -0.39 is 11.9 Å². The van der Waals surface area contributed by atoms with Gasteiger partial charge in [-0.2, -0.15) is 0 Å². The molecule has 0 fully saturated rings. The second-order valence-corrected chi connectivity index (χ2v) is 4.98. The number of aromatic nitrogens is 1. The first-order valence-electron chi connectivity index (χ1n) is 6.21. The molecule has 0 amide bonds. The van der Waals surface area contributed by atoms with Gasteiger partial charge in [0.25, 0.3) is 0 Å². The zero-order valence-corrected chi connectivity index (χ0v) is 11.3. The zero-order chi connectivity index (χ0) is 14.1. The zero-order valence-electron chi connectivity index (χ0n) is 10.6. The SMILES string of the molecule is NC(c1ccc(F)c(Cl)c1)c1cccc2cccnc12. The molecule has 0 aliphatic carbocycles. The minimum Gasteiger partial charge on any atom is -0.320 e. The van der Waals surface area contributed by atoms with Crippen molar-refractivity contribution >= 4 is 22.5 Å². The molecule has 0 aliphatic heterocycles. The molecule has 1 unspecified atom stereocenters. The van der Waals surface area contributed by atoms with Crippen molar-refractivity contribution in [2.75, 3.05) is 0 Å². The van der Waals surface area contributed by atoms with Gasteiger partial charge in [-0.3, -0.25) is 4.98 Å². The normalized spacial score (nSPS) is 12.6.